The zero-order valence-electron chi connectivity index (χ0n) is 35.7. The van der Waals surface area contributed by atoms with Gasteiger partial charge in [0.15, 0.2) is 0 Å². The average Bonchev–Trinajstić information content (AvgIpc) is 4.02. The standard InChI is InChI=1S/C60H43NO2/c1-59(2)51-20-8-5-13-43(51)45-31-28-39(34-53(45)59)61(38-26-23-36(24-27-38)41-16-11-18-49-47-14-6-9-21-55(47)62-57(41)49)40-29-32-46-44-30-25-37(33-52(44)60(3,4)54(46)35-40)42-17-12-19-50-48-15-7-10-22-56(48)63-58(42)50/h5-35H,1-4H3. The molecule has 3 nitrogen and oxygen atoms in total. The second-order valence-electron chi connectivity index (χ2n) is 18.5. The van der Waals surface area contributed by atoms with Gasteiger partial charge in [-0.05, 0) is 110 Å². The Morgan fingerprint density at radius 1 is 0.317 bits per heavy atom. The molecule has 2 aliphatic rings. The SMILES string of the molecule is CC1(C)c2ccccc2-c2ccc(N(c3ccc(-c4cccc5c4oc4ccccc45)cc3)c3ccc4c(c3)C(C)(C)c3cc(-c5cccc6c5oc5ccccc56)ccc3-4)cc21. The van der Waals surface area contributed by atoms with Gasteiger partial charge in [0, 0.05) is 60.6 Å². The molecule has 0 saturated heterocycles. The van der Waals surface area contributed by atoms with Gasteiger partial charge >= 0.3 is 0 Å². The summed E-state index contributed by atoms with van der Waals surface area (Å²) in [6, 6.07) is 68.6. The highest BCUT2D eigenvalue weighted by Crippen LogP contribution is 2.54. The van der Waals surface area contributed by atoms with Gasteiger partial charge in [0.1, 0.15) is 22.3 Å². The van der Waals surface area contributed by atoms with Gasteiger partial charge in [-0.15, -0.1) is 0 Å². The third-order valence-electron chi connectivity index (χ3n) is 14.3. The zero-order chi connectivity index (χ0) is 42.2. The molecule has 11 aromatic rings. The summed E-state index contributed by atoms with van der Waals surface area (Å²) in [6.07, 6.45) is 0. The summed E-state index contributed by atoms with van der Waals surface area (Å²) in [5.74, 6) is 0. The smallest absolute Gasteiger partial charge is 0.143 e. The first-order valence-electron chi connectivity index (χ1n) is 22.0. The molecule has 9 aromatic carbocycles. The van der Waals surface area contributed by atoms with Crippen molar-refractivity contribution in [1.82, 2.24) is 0 Å². The van der Waals surface area contributed by atoms with E-state index in [1.165, 1.54) is 50.1 Å². The molecule has 2 aromatic heterocycles. The second-order valence-corrected chi connectivity index (χ2v) is 18.5. The predicted octanol–water partition coefficient (Wildman–Crippen LogP) is 16.9. The van der Waals surface area contributed by atoms with Crippen LogP contribution in [-0.4, -0.2) is 0 Å². The van der Waals surface area contributed by atoms with Crippen LogP contribution in [-0.2, 0) is 10.8 Å². The van der Waals surface area contributed by atoms with E-state index in [-0.39, 0.29) is 10.8 Å². The van der Waals surface area contributed by atoms with Crippen LogP contribution in [0, 0.1) is 0 Å². The summed E-state index contributed by atoms with van der Waals surface area (Å²) in [4.78, 5) is 2.44. The number of nitrogens with zero attached hydrogens (tertiary/aromatic N) is 1. The van der Waals surface area contributed by atoms with Crippen molar-refractivity contribution >= 4 is 60.9 Å². The quantitative estimate of drug-likeness (QED) is 0.173. The minimum atomic E-state index is -0.249. The zero-order valence-corrected chi connectivity index (χ0v) is 35.7. The molecule has 0 unspecified atom stereocenters. The fraction of sp³-hybridized carbons (Fsp3) is 0.100. The van der Waals surface area contributed by atoms with Crippen molar-refractivity contribution in [3.8, 4) is 44.5 Å². The maximum Gasteiger partial charge on any atom is 0.143 e. The molecule has 300 valence electrons. The lowest BCUT2D eigenvalue weighted by Gasteiger charge is -2.30. The van der Waals surface area contributed by atoms with Crippen molar-refractivity contribution in [2.24, 2.45) is 0 Å². The number of para-hydroxylation sites is 4. The van der Waals surface area contributed by atoms with E-state index in [0.29, 0.717) is 0 Å². The monoisotopic (exact) mass is 809 g/mol. The molecule has 0 saturated carbocycles. The minimum Gasteiger partial charge on any atom is -0.455 e. The number of anilines is 3. The molecular formula is C60H43NO2. The van der Waals surface area contributed by atoms with Crippen LogP contribution in [0.3, 0.4) is 0 Å². The van der Waals surface area contributed by atoms with Gasteiger partial charge in [0.2, 0.25) is 0 Å². The van der Waals surface area contributed by atoms with Gasteiger partial charge in [-0.25, -0.2) is 0 Å². The maximum atomic E-state index is 6.51. The summed E-state index contributed by atoms with van der Waals surface area (Å²) in [5, 5.41) is 4.57. The largest absolute Gasteiger partial charge is 0.455 e. The Labute approximate surface area is 366 Å². The Balaban J connectivity index is 0.938. The summed E-state index contributed by atoms with van der Waals surface area (Å²) >= 11 is 0. The van der Waals surface area contributed by atoms with E-state index in [9.17, 15) is 0 Å². The van der Waals surface area contributed by atoms with Crippen molar-refractivity contribution in [2.45, 2.75) is 38.5 Å². The molecule has 3 heteroatoms. The average molecular weight is 810 g/mol. The number of furan rings is 2. The van der Waals surface area contributed by atoms with E-state index < -0.39 is 0 Å². The fourth-order valence-electron chi connectivity index (χ4n) is 11.0. The van der Waals surface area contributed by atoms with Gasteiger partial charge < -0.3 is 13.7 Å². The molecule has 0 aliphatic heterocycles. The van der Waals surface area contributed by atoms with Crippen LogP contribution < -0.4 is 4.90 Å². The van der Waals surface area contributed by atoms with Crippen molar-refractivity contribution in [3.63, 3.8) is 0 Å². The number of hydrogen-bond acceptors (Lipinski definition) is 3. The predicted molar refractivity (Wildman–Crippen MR) is 262 cm³/mol. The van der Waals surface area contributed by atoms with Crippen LogP contribution in [0.2, 0.25) is 0 Å². The molecular weight excluding hydrogens is 767 g/mol. The molecule has 0 spiro atoms. The molecule has 0 atom stereocenters. The number of fused-ring (bicyclic) bond motifs is 12. The lowest BCUT2D eigenvalue weighted by Crippen LogP contribution is -2.18. The van der Waals surface area contributed by atoms with Gasteiger partial charge in [-0.1, -0.05) is 161 Å². The summed E-state index contributed by atoms with van der Waals surface area (Å²) in [6.45, 7) is 9.47. The first-order chi connectivity index (χ1) is 30.7. The molecule has 13 rings (SSSR count). The van der Waals surface area contributed by atoms with E-state index in [4.69, 9.17) is 8.83 Å². The Morgan fingerprint density at radius 2 is 0.730 bits per heavy atom. The number of hydrogen-bond donors (Lipinski definition) is 0. The lowest BCUT2D eigenvalue weighted by atomic mass is 9.81. The van der Waals surface area contributed by atoms with Crippen LogP contribution in [0.5, 0.6) is 0 Å². The van der Waals surface area contributed by atoms with Crippen molar-refractivity contribution in [2.75, 3.05) is 4.90 Å². The van der Waals surface area contributed by atoms with Gasteiger partial charge in [-0.2, -0.15) is 0 Å². The first-order valence-corrected chi connectivity index (χ1v) is 22.0. The highest BCUT2D eigenvalue weighted by molar-refractivity contribution is 6.11. The molecule has 2 heterocycles. The third kappa shape index (κ3) is 5.14. The van der Waals surface area contributed by atoms with Crippen molar-refractivity contribution < 1.29 is 8.83 Å². The van der Waals surface area contributed by atoms with Crippen LogP contribution in [0.25, 0.3) is 88.4 Å². The highest BCUT2D eigenvalue weighted by Gasteiger charge is 2.38. The molecule has 2 aliphatic carbocycles. The molecule has 0 amide bonds. The first kappa shape index (κ1) is 36.1. The Hall–Kier alpha value is -7.62. The van der Waals surface area contributed by atoms with Crippen molar-refractivity contribution in [3.05, 3.63) is 210 Å². The van der Waals surface area contributed by atoms with Gasteiger partial charge in [0.05, 0.1) is 0 Å². The third-order valence-corrected chi connectivity index (χ3v) is 14.3. The Bertz CT molecular complexity index is 3690. The van der Waals surface area contributed by atoms with Crippen LogP contribution in [0.15, 0.2) is 197 Å². The number of rotatable bonds is 5. The van der Waals surface area contributed by atoms with E-state index >= 15 is 0 Å². The van der Waals surface area contributed by atoms with E-state index in [0.717, 1.165) is 77.6 Å². The molecule has 0 fully saturated rings. The molecule has 0 radical (unpaired) electrons. The summed E-state index contributed by atoms with van der Waals surface area (Å²) < 4.78 is 13.0. The summed E-state index contributed by atoms with van der Waals surface area (Å²) in [7, 11) is 0. The topological polar surface area (TPSA) is 29.5 Å². The fourth-order valence-corrected chi connectivity index (χ4v) is 11.0. The van der Waals surface area contributed by atoms with Crippen LogP contribution in [0.4, 0.5) is 17.1 Å². The Morgan fingerprint density at radius 3 is 1.33 bits per heavy atom. The van der Waals surface area contributed by atoms with Crippen LogP contribution in [0.1, 0.15) is 49.9 Å². The number of benzene rings is 9. The molecule has 0 bridgehead atoms. The van der Waals surface area contributed by atoms with Gasteiger partial charge in [-0.3, -0.25) is 0 Å². The minimum absolute atomic E-state index is 0.130. The highest BCUT2D eigenvalue weighted by atomic mass is 16.3. The maximum absolute atomic E-state index is 6.51. The second kappa shape index (κ2) is 13.0. The van der Waals surface area contributed by atoms with E-state index in [2.05, 4.69) is 209 Å². The lowest BCUT2D eigenvalue weighted by molar-refractivity contribution is 0.659. The molecule has 63 heavy (non-hydrogen) atoms. The van der Waals surface area contributed by atoms with Crippen molar-refractivity contribution in [1.29, 1.82) is 0 Å². The van der Waals surface area contributed by atoms with E-state index in [1.54, 1.807) is 0 Å². The van der Waals surface area contributed by atoms with Gasteiger partial charge in [0.25, 0.3) is 0 Å². The Kier molecular flexibility index (Phi) is 7.42. The normalized spacial score (nSPS) is 14.3. The van der Waals surface area contributed by atoms with Crippen LogP contribution >= 0.6 is 0 Å². The summed E-state index contributed by atoms with van der Waals surface area (Å²) in [5.41, 5.74) is 21.7. The van der Waals surface area contributed by atoms with E-state index in [1.807, 2.05) is 12.1 Å². The molecule has 0 N–H and O–H groups in total.